The maximum atomic E-state index is 10.7. The first kappa shape index (κ1) is 27.4. The summed E-state index contributed by atoms with van der Waals surface area (Å²) in [6, 6.07) is 5.10. The summed E-state index contributed by atoms with van der Waals surface area (Å²) < 4.78 is 21.8. The van der Waals surface area contributed by atoms with Gasteiger partial charge >= 0.3 is 0 Å². The van der Waals surface area contributed by atoms with Crippen LogP contribution in [0.2, 0.25) is 0 Å². The number of para-hydroxylation sites is 1. The topological polar surface area (TPSA) is 116 Å². The van der Waals surface area contributed by atoms with E-state index in [0.717, 1.165) is 5.56 Å². The Morgan fingerprint density at radius 1 is 1.11 bits per heavy atom. The van der Waals surface area contributed by atoms with Crippen LogP contribution in [0.4, 0.5) is 5.95 Å². The van der Waals surface area contributed by atoms with Crippen molar-refractivity contribution in [2.75, 3.05) is 25.5 Å². The summed E-state index contributed by atoms with van der Waals surface area (Å²) in [7, 11) is 3.19. The van der Waals surface area contributed by atoms with Crippen LogP contribution < -0.4 is 9.46 Å². The number of hydrogen-bond donors (Lipinski definition) is 2. The number of ether oxygens (including phenoxy) is 3. The van der Waals surface area contributed by atoms with Crippen molar-refractivity contribution < 1.29 is 19.3 Å². The summed E-state index contributed by atoms with van der Waals surface area (Å²) in [6.45, 7) is 8.44. The van der Waals surface area contributed by atoms with Gasteiger partial charge < -0.3 is 19.3 Å². The lowest BCUT2D eigenvalue weighted by atomic mass is 10.2. The first-order chi connectivity index (χ1) is 17.3. The molecule has 11 heteroatoms. The second-order valence-corrected chi connectivity index (χ2v) is 9.57. The van der Waals surface area contributed by atoms with Crippen LogP contribution in [0.1, 0.15) is 44.1 Å². The molecule has 0 bridgehead atoms. The molecular formula is C25H34N6O4S. The highest BCUT2D eigenvalue weighted by Gasteiger charge is 2.27. The number of rotatable bonds is 13. The fraction of sp³-hybridized carbons (Fsp3) is 0.440. The molecule has 3 rings (SSSR count). The lowest BCUT2D eigenvalue weighted by Crippen LogP contribution is -2.23. The fourth-order valence-corrected chi connectivity index (χ4v) is 4.17. The molecule has 0 amide bonds. The third kappa shape index (κ3) is 6.96. The first-order valence-corrected chi connectivity index (χ1v) is 12.5. The third-order valence-electron chi connectivity index (χ3n) is 5.12. The highest BCUT2D eigenvalue weighted by molar-refractivity contribution is 8.01. The number of nitrogens with one attached hydrogen (secondary N) is 1. The van der Waals surface area contributed by atoms with Crippen molar-refractivity contribution in [3.8, 4) is 17.2 Å². The van der Waals surface area contributed by atoms with E-state index in [4.69, 9.17) is 14.2 Å². The molecule has 2 N–H and O–H groups in total. The van der Waals surface area contributed by atoms with Crippen LogP contribution in [0.3, 0.4) is 0 Å². The molecule has 0 aliphatic rings. The summed E-state index contributed by atoms with van der Waals surface area (Å²) in [5, 5.41) is 19.4. The Morgan fingerprint density at radius 2 is 1.86 bits per heavy atom. The highest BCUT2D eigenvalue weighted by Crippen LogP contribution is 2.36. The number of phenolic OH excluding ortho intramolecular Hbond substituents is 1. The Labute approximate surface area is 216 Å². The van der Waals surface area contributed by atoms with Crippen molar-refractivity contribution in [2.45, 2.75) is 51.6 Å². The molecule has 2 aromatic heterocycles. The number of allylic oxidation sites excluding steroid dienone is 1. The Bertz CT molecular complexity index is 1140. The molecule has 2 heterocycles. The van der Waals surface area contributed by atoms with E-state index in [2.05, 4.69) is 24.9 Å². The Morgan fingerprint density at radius 3 is 2.53 bits per heavy atom. The first-order valence-electron chi connectivity index (χ1n) is 11.7. The number of anilines is 1. The quantitative estimate of drug-likeness (QED) is 0.250. The Hall–Kier alpha value is -3.15. The Kier molecular flexibility index (Phi) is 10.1. The van der Waals surface area contributed by atoms with Crippen LogP contribution in [-0.4, -0.2) is 62.0 Å². The van der Waals surface area contributed by atoms with Crippen LogP contribution >= 0.6 is 11.9 Å². The average molecular weight is 515 g/mol. The zero-order valence-electron chi connectivity index (χ0n) is 21.5. The number of nitrogens with zero attached hydrogens (tertiary/aromatic N) is 5. The summed E-state index contributed by atoms with van der Waals surface area (Å²) in [5.74, 6) is 2.21. The van der Waals surface area contributed by atoms with E-state index in [1.54, 1.807) is 49.4 Å². The molecule has 36 heavy (non-hydrogen) atoms. The monoisotopic (exact) mass is 514 g/mol. The van der Waals surface area contributed by atoms with E-state index in [9.17, 15) is 5.11 Å². The van der Waals surface area contributed by atoms with Crippen molar-refractivity contribution in [3.05, 3.63) is 60.0 Å². The summed E-state index contributed by atoms with van der Waals surface area (Å²) >= 11 is 1.41. The van der Waals surface area contributed by atoms with Crippen molar-refractivity contribution >= 4 is 17.9 Å². The lowest BCUT2D eigenvalue weighted by Gasteiger charge is -2.25. The van der Waals surface area contributed by atoms with Gasteiger partial charge in [-0.05, 0) is 57.3 Å². The van der Waals surface area contributed by atoms with Crippen LogP contribution in [0, 0.1) is 6.92 Å². The van der Waals surface area contributed by atoms with Crippen LogP contribution in [0.25, 0.3) is 5.69 Å². The van der Waals surface area contributed by atoms with Crippen molar-refractivity contribution in [1.29, 1.82) is 0 Å². The van der Waals surface area contributed by atoms with Gasteiger partial charge in [-0.15, -0.1) is 10.2 Å². The van der Waals surface area contributed by atoms with Gasteiger partial charge in [0.1, 0.15) is 29.1 Å². The van der Waals surface area contributed by atoms with Crippen molar-refractivity contribution in [2.24, 2.45) is 0 Å². The smallest absolute Gasteiger partial charge is 0.239 e. The molecule has 0 radical (unpaired) electrons. The minimum Gasteiger partial charge on any atom is -0.506 e. The van der Waals surface area contributed by atoms with Gasteiger partial charge in [0.15, 0.2) is 5.82 Å². The van der Waals surface area contributed by atoms with Crippen molar-refractivity contribution in [3.63, 3.8) is 0 Å². The molecule has 0 aliphatic carbocycles. The molecule has 0 aliphatic heterocycles. The molecule has 0 spiro atoms. The number of phenols is 1. The molecule has 3 aromatic rings. The molecule has 2 atom stereocenters. The summed E-state index contributed by atoms with van der Waals surface area (Å²) in [4.78, 5) is 8.96. The SMILES string of the molecule is COC/C=C\Cc1nnc(NSC(C)[C@@H](OC(C)C)c2ncc(C)cn2)n1-c1c(O)cccc1OC. The van der Waals surface area contributed by atoms with E-state index >= 15 is 0 Å². The van der Waals surface area contributed by atoms with E-state index in [0.29, 0.717) is 42.1 Å². The van der Waals surface area contributed by atoms with Gasteiger partial charge in [-0.3, -0.25) is 9.29 Å². The van der Waals surface area contributed by atoms with E-state index in [1.807, 2.05) is 39.8 Å². The third-order valence-corrected chi connectivity index (χ3v) is 6.04. The number of aromatic nitrogens is 5. The molecule has 1 unspecified atom stereocenters. The minimum absolute atomic E-state index is 0.0115. The largest absolute Gasteiger partial charge is 0.506 e. The molecule has 0 saturated heterocycles. The van der Waals surface area contributed by atoms with Gasteiger partial charge in [-0.2, -0.15) is 0 Å². The average Bonchev–Trinajstić information content (AvgIpc) is 3.26. The standard InChI is InChI=1S/C25H34N6O4S/c1-16(2)35-23(24-26-14-17(3)15-27-24)18(4)36-30-25-29-28-21(12-7-8-13-33-5)31(25)22-19(32)10-9-11-20(22)34-6/h7-11,14-16,18,23,32H,12-13H2,1-6H3,(H,29,30)/b8-7-/t18?,23-/m1/s1. The van der Waals surface area contributed by atoms with Crippen molar-refractivity contribution in [1.82, 2.24) is 24.7 Å². The molecule has 0 saturated carbocycles. The van der Waals surface area contributed by atoms with Crippen LogP contribution in [0.15, 0.2) is 42.7 Å². The normalized spacial score (nSPS) is 13.3. The fourth-order valence-electron chi connectivity index (χ4n) is 3.43. The van der Waals surface area contributed by atoms with Gasteiger partial charge in [0.25, 0.3) is 0 Å². The summed E-state index contributed by atoms with van der Waals surface area (Å²) in [5.41, 5.74) is 1.44. The minimum atomic E-state index is -0.351. The predicted molar refractivity (Wildman–Crippen MR) is 141 cm³/mol. The molecule has 0 fully saturated rings. The van der Waals surface area contributed by atoms with Crippen LogP contribution in [-0.2, 0) is 15.9 Å². The van der Waals surface area contributed by atoms with Gasteiger partial charge in [0.2, 0.25) is 5.95 Å². The molecule has 194 valence electrons. The second-order valence-electron chi connectivity index (χ2n) is 8.38. The molecule has 10 nitrogen and oxygen atoms in total. The number of aromatic hydroxyl groups is 1. The van der Waals surface area contributed by atoms with E-state index in [-0.39, 0.29) is 23.2 Å². The van der Waals surface area contributed by atoms with Gasteiger partial charge in [0, 0.05) is 25.9 Å². The predicted octanol–water partition coefficient (Wildman–Crippen LogP) is 4.44. The number of aryl methyl sites for hydroxylation is 1. The van der Waals surface area contributed by atoms with E-state index < -0.39 is 0 Å². The summed E-state index contributed by atoms with van der Waals surface area (Å²) in [6.07, 6.45) is 7.53. The highest BCUT2D eigenvalue weighted by atomic mass is 32.2. The van der Waals surface area contributed by atoms with E-state index in [1.165, 1.54) is 11.9 Å². The van der Waals surface area contributed by atoms with Gasteiger partial charge in [0.05, 0.1) is 25.1 Å². The number of hydrogen-bond acceptors (Lipinski definition) is 10. The van der Waals surface area contributed by atoms with Crippen LogP contribution in [0.5, 0.6) is 11.5 Å². The maximum absolute atomic E-state index is 10.7. The lowest BCUT2D eigenvalue weighted by molar-refractivity contribution is 0.00284. The van der Waals surface area contributed by atoms with Gasteiger partial charge in [-0.1, -0.05) is 18.2 Å². The van der Waals surface area contributed by atoms with Gasteiger partial charge in [-0.25, -0.2) is 9.97 Å². The molecular weight excluding hydrogens is 480 g/mol. The second kappa shape index (κ2) is 13.2. The molecule has 1 aromatic carbocycles. The number of methoxy groups -OCH3 is 2. The Balaban J connectivity index is 1.91. The maximum Gasteiger partial charge on any atom is 0.239 e. The zero-order chi connectivity index (χ0) is 26.1. The zero-order valence-corrected chi connectivity index (χ0v) is 22.3. The number of benzene rings is 1.